The SMILES string of the molecule is COc1ccc(/C=C/C(=O)NNC(=O)c2sc3ccccc3c2Cl)cc1. The van der Waals surface area contributed by atoms with Crippen LogP contribution in [0, 0.1) is 0 Å². The summed E-state index contributed by atoms with van der Waals surface area (Å²) in [6.07, 6.45) is 2.96. The molecular weight excluding hydrogens is 372 g/mol. The maximum absolute atomic E-state index is 12.2. The van der Waals surface area contributed by atoms with Crippen LogP contribution in [0.1, 0.15) is 15.2 Å². The van der Waals surface area contributed by atoms with E-state index in [0.717, 1.165) is 21.4 Å². The van der Waals surface area contributed by atoms with E-state index in [1.807, 2.05) is 36.4 Å². The minimum absolute atomic E-state index is 0.354. The van der Waals surface area contributed by atoms with Gasteiger partial charge in [0.2, 0.25) is 0 Å². The Labute approximate surface area is 159 Å². The van der Waals surface area contributed by atoms with E-state index in [1.165, 1.54) is 17.4 Å². The third-order valence-electron chi connectivity index (χ3n) is 3.58. The average Bonchev–Trinajstić information content (AvgIpc) is 3.02. The molecule has 2 amide bonds. The van der Waals surface area contributed by atoms with Crippen molar-refractivity contribution in [3.05, 3.63) is 70.1 Å². The maximum Gasteiger partial charge on any atom is 0.281 e. The van der Waals surface area contributed by atoms with Crippen molar-refractivity contribution in [1.82, 2.24) is 10.9 Å². The standard InChI is InChI=1S/C19H15ClN2O3S/c1-25-13-9-6-12(7-10-13)8-11-16(23)21-22-19(24)18-17(20)14-4-2-3-5-15(14)26-18/h2-11H,1H3,(H,21,23)(H,22,24)/b11-8+. The van der Waals surface area contributed by atoms with Crippen LogP contribution in [0.25, 0.3) is 16.2 Å². The molecular formula is C19H15ClN2O3S. The van der Waals surface area contributed by atoms with Gasteiger partial charge in [-0.2, -0.15) is 0 Å². The molecule has 3 rings (SSSR count). The van der Waals surface area contributed by atoms with Gasteiger partial charge in [0.15, 0.2) is 0 Å². The molecule has 0 atom stereocenters. The van der Waals surface area contributed by atoms with E-state index >= 15 is 0 Å². The highest BCUT2D eigenvalue weighted by Crippen LogP contribution is 2.34. The molecule has 0 unspecified atom stereocenters. The summed E-state index contributed by atoms with van der Waals surface area (Å²) in [7, 11) is 1.59. The van der Waals surface area contributed by atoms with Crippen LogP contribution in [0.2, 0.25) is 5.02 Å². The van der Waals surface area contributed by atoms with Gasteiger partial charge in [-0.05, 0) is 29.8 Å². The molecule has 0 fully saturated rings. The van der Waals surface area contributed by atoms with Gasteiger partial charge >= 0.3 is 0 Å². The molecule has 7 heteroatoms. The van der Waals surface area contributed by atoms with Gasteiger partial charge < -0.3 is 4.74 Å². The fraction of sp³-hybridized carbons (Fsp3) is 0.0526. The molecule has 0 saturated heterocycles. The maximum atomic E-state index is 12.2. The van der Waals surface area contributed by atoms with Gasteiger partial charge in [0.05, 0.1) is 12.1 Å². The highest BCUT2D eigenvalue weighted by atomic mass is 35.5. The van der Waals surface area contributed by atoms with Crippen LogP contribution in [0.4, 0.5) is 0 Å². The Kier molecular flexibility index (Phi) is 5.55. The number of methoxy groups -OCH3 is 1. The Bertz CT molecular complexity index is 980. The molecule has 3 aromatic rings. The molecule has 0 aliphatic heterocycles. The van der Waals surface area contributed by atoms with Crippen LogP contribution < -0.4 is 15.6 Å². The number of fused-ring (bicyclic) bond motifs is 1. The van der Waals surface area contributed by atoms with E-state index < -0.39 is 11.8 Å². The van der Waals surface area contributed by atoms with Crippen LogP contribution >= 0.6 is 22.9 Å². The monoisotopic (exact) mass is 386 g/mol. The smallest absolute Gasteiger partial charge is 0.281 e. The highest BCUT2D eigenvalue weighted by Gasteiger charge is 2.16. The summed E-state index contributed by atoms with van der Waals surface area (Å²) < 4.78 is 5.98. The van der Waals surface area contributed by atoms with E-state index in [-0.39, 0.29) is 0 Å². The number of thiophene rings is 1. The zero-order valence-electron chi connectivity index (χ0n) is 13.8. The molecule has 2 aromatic carbocycles. The van der Waals surface area contributed by atoms with Crippen molar-refractivity contribution in [3.63, 3.8) is 0 Å². The third-order valence-corrected chi connectivity index (χ3v) is 5.26. The van der Waals surface area contributed by atoms with E-state index in [0.29, 0.717) is 9.90 Å². The Hall–Kier alpha value is -2.83. The number of amides is 2. The molecule has 0 saturated carbocycles. The predicted octanol–water partition coefficient (Wildman–Crippen LogP) is 4.04. The molecule has 26 heavy (non-hydrogen) atoms. The summed E-state index contributed by atoms with van der Waals surface area (Å²) in [5.41, 5.74) is 5.55. The van der Waals surface area contributed by atoms with Gasteiger partial charge in [0.1, 0.15) is 10.6 Å². The largest absolute Gasteiger partial charge is 0.497 e. The van der Waals surface area contributed by atoms with Crippen molar-refractivity contribution in [2.45, 2.75) is 0 Å². The van der Waals surface area contributed by atoms with E-state index in [4.69, 9.17) is 16.3 Å². The fourth-order valence-electron chi connectivity index (χ4n) is 2.26. The Morgan fingerprint density at radius 2 is 1.81 bits per heavy atom. The van der Waals surface area contributed by atoms with Gasteiger partial charge in [0, 0.05) is 16.2 Å². The Morgan fingerprint density at radius 1 is 1.08 bits per heavy atom. The second kappa shape index (κ2) is 8.03. The number of ether oxygens (including phenoxy) is 1. The first-order valence-electron chi connectivity index (χ1n) is 7.68. The molecule has 1 aromatic heterocycles. The van der Waals surface area contributed by atoms with Gasteiger partial charge in [-0.3, -0.25) is 20.4 Å². The number of rotatable bonds is 4. The van der Waals surface area contributed by atoms with Crippen LogP contribution in [0.3, 0.4) is 0 Å². The molecule has 0 aliphatic rings. The summed E-state index contributed by atoms with van der Waals surface area (Å²) in [4.78, 5) is 24.5. The van der Waals surface area contributed by atoms with Crippen molar-refractivity contribution in [2.24, 2.45) is 0 Å². The number of hydrogen-bond acceptors (Lipinski definition) is 4. The molecule has 2 N–H and O–H groups in total. The summed E-state index contributed by atoms with van der Waals surface area (Å²) in [6.45, 7) is 0. The minimum Gasteiger partial charge on any atom is -0.497 e. The quantitative estimate of drug-likeness (QED) is 0.525. The van der Waals surface area contributed by atoms with Gasteiger partial charge in [-0.15, -0.1) is 11.3 Å². The topological polar surface area (TPSA) is 67.4 Å². The summed E-state index contributed by atoms with van der Waals surface area (Å²) >= 11 is 7.52. The first-order valence-corrected chi connectivity index (χ1v) is 8.87. The minimum atomic E-state index is -0.456. The number of nitrogens with one attached hydrogen (secondary N) is 2. The summed E-state index contributed by atoms with van der Waals surface area (Å²) in [6, 6.07) is 14.7. The van der Waals surface area contributed by atoms with Crippen LogP contribution in [0.5, 0.6) is 5.75 Å². The van der Waals surface area contributed by atoms with Crippen molar-refractivity contribution in [2.75, 3.05) is 7.11 Å². The van der Waals surface area contributed by atoms with Crippen molar-refractivity contribution < 1.29 is 14.3 Å². The molecule has 5 nitrogen and oxygen atoms in total. The predicted molar refractivity (Wildman–Crippen MR) is 104 cm³/mol. The average molecular weight is 387 g/mol. The van der Waals surface area contributed by atoms with E-state index in [1.54, 1.807) is 25.3 Å². The zero-order valence-corrected chi connectivity index (χ0v) is 15.4. The van der Waals surface area contributed by atoms with Crippen LogP contribution in [-0.4, -0.2) is 18.9 Å². The van der Waals surface area contributed by atoms with Crippen molar-refractivity contribution in [3.8, 4) is 5.75 Å². The van der Waals surface area contributed by atoms with Gasteiger partial charge in [-0.1, -0.05) is 41.9 Å². The second-order valence-corrected chi connectivity index (χ2v) is 6.72. The van der Waals surface area contributed by atoms with Crippen LogP contribution in [-0.2, 0) is 4.79 Å². The number of halogens is 1. The van der Waals surface area contributed by atoms with E-state index in [2.05, 4.69) is 10.9 Å². The van der Waals surface area contributed by atoms with Crippen molar-refractivity contribution >= 4 is 50.9 Å². The fourth-order valence-corrected chi connectivity index (χ4v) is 3.68. The number of benzene rings is 2. The first kappa shape index (κ1) is 18.0. The molecule has 0 spiro atoms. The Balaban J connectivity index is 1.60. The number of carbonyl (C=O) groups excluding carboxylic acids is 2. The number of carbonyl (C=O) groups is 2. The second-order valence-electron chi connectivity index (χ2n) is 5.29. The van der Waals surface area contributed by atoms with E-state index in [9.17, 15) is 9.59 Å². The molecule has 0 radical (unpaired) electrons. The third kappa shape index (κ3) is 4.04. The summed E-state index contributed by atoms with van der Waals surface area (Å²) in [5, 5.41) is 1.20. The van der Waals surface area contributed by atoms with Crippen molar-refractivity contribution in [1.29, 1.82) is 0 Å². The zero-order chi connectivity index (χ0) is 18.5. The van der Waals surface area contributed by atoms with Gasteiger partial charge in [-0.25, -0.2) is 0 Å². The van der Waals surface area contributed by atoms with Gasteiger partial charge in [0.25, 0.3) is 11.8 Å². The van der Waals surface area contributed by atoms with Crippen LogP contribution in [0.15, 0.2) is 54.6 Å². The summed E-state index contributed by atoms with van der Waals surface area (Å²) in [5.74, 6) is -0.173. The molecule has 132 valence electrons. The molecule has 0 aliphatic carbocycles. The molecule has 1 heterocycles. The lowest BCUT2D eigenvalue weighted by Gasteiger charge is -2.04. The lowest BCUT2D eigenvalue weighted by Crippen LogP contribution is -2.40. The number of hydrazine groups is 1. The highest BCUT2D eigenvalue weighted by molar-refractivity contribution is 7.21. The first-order chi connectivity index (χ1) is 12.6. The lowest BCUT2D eigenvalue weighted by molar-refractivity contribution is -0.117. The normalized spacial score (nSPS) is 10.8. The lowest BCUT2D eigenvalue weighted by atomic mass is 10.2. The Morgan fingerprint density at radius 3 is 2.50 bits per heavy atom. The number of hydrogen-bond donors (Lipinski definition) is 2. The molecule has 0 bridgehead atoms.